The van der Waals surface area contributed by atoms with Gasteiger partial charge in [0.15, 0.2) is 0 Å². The Labute approximate surface area is 170 Å². The van der Waals surface area contributed by atoms with E-state index in [1.807, 2.05) is 54.7 Å². The first-order valence-electron chi connectivity index (χ1n) is 9.70. The zero-order chi connectivity index (χ0) is 20.2. The second-order valence-corrected chi connectivity index (χ2v) is 7.17. The third-order valence-electron chi connectivity index (χ3n) is 5.29. The maximum absolute atomic E-state index is 9.11. The number of ether oxygens (including phenoxy) is 1. The SMILES string of the molecule is COc1ccc(-c2cnc(N3CCC(N)CC3)nc2-c2ccc(C#N)cc2)cc1. The van der Waals surface area contributed by atoms with Gasteiger partial charge in [-0.3, -0.25) is 0 Å². The van der Waals surface area contributed by atoms with Crippen molar-refractivity contribution in [2.24, 2.45) is 5.73 Å². The van der Waals surface area contributed by atoms with E-state index in [1.54, 1.807) is 7.11 Å². The minimum Gasteiger partial charge on any atom is -0.497 e. The molecular weight excluding hydrogens is 362 g/mol. The number of anilines is 1. The highest BCUT2D eigenvalue weighted by Crippen LogP contribution is 2.33. The quantitative estimate of drug-likeness (QED) is 0.738. The average Bonchev–Trinajstić information content (AvgIpc) is 2.79. The van der Waals surface area contributed by atoms with Crippen molar-refractivity contribution in [1.29, 1.82) is 5.26 Å². The van der Waals surface area contributed by atoms with Crippen LogP contribution < -0.4 is 15.4 Å². The molecule has 2 N–H and O–H groups in total. The van der Waals surface area contributed by atoms with Gasteiger partial charge in [-0.25, -0.2) is 9.97 Å². The van der Waals surface area contributed by atoms with Gasteiger partial charge in [0.1, 0.15) is 5.75 Å². The Morgan fingerprint density at radius 2 is 1.69 bits per heavy atom. The highest BCUT2D eigenvalue weighted by atomic mass is 16.5. The summed E-state index contributed by atoms with van der Waals surface area (Å²) in [5, 5.41) is 9.11. The van der Waals surface area contributed by atoms with Crippen LogP contribution in [0.2, 0.25) is 0 Å². The van der Waals surface area contributed by atoms with E-state index in [4.69, 9.17) is 20.7 Å². The van der Waals surface area contributed by atoms with Gasteiger partial charge < -0.3 is 15.4 Å². The lowest BCUT2D eigenvalue weighted by Gasteiger charge is -2.30. The molecule has 1 aromatic heterocycles. The van der Waals surface area contributed by atoms with E-state index < -0.39 is 0 Å². The van der Waals surface area contributed by atoms with Crippen molar-refractivity contribution in [3.8, 4) is 34.2 Å². The number of aromatic nitrogens is 2. The van der Waals surface area contributed by atoms with Gasteiger partial charge in [-0.05, 0) is 42.7 Å². The van der Waals surface area contributed by atoms with Gasteiger partial charge >= 0.3 is 0 Å². The van der Waals surface area contributed by atoms with Gasteiger partial charge in [0.25, 0.3) is 0 Å². The van der Waals surface area contributed by atoms with E-state index in [0.29, 0.717) is 11.5 Å². The minimum absolute atomic E-state index is 0.253. The maximum Gasteiger partial charge on any atom is 0.225 e. The van der Waals surface area contributed by atoms with Gasteiger partial charge in [-0.15, -0.1) is 0 Å². The van der Waals surface area contributed by atoms with Crippen LogP contribution in [-0.4, -0.2) is 36.2 Å². The molecule has 6 heteroatoms. The Morgan fingerprint density at radius 3 is 2.31 bits per heavy atom. The lowest BCUT2D eigenvalue weighted by Crippen LogP contribution is -2.40. The van der Waals surface area contributed by atoms with Crippen molar-refractivity contribution in [1.82, 2.24) is 9.97 Å². The third kappa shape index (κ3) is 4.05. The van der Waals surface area contributed by atoms with E-state index >= 15 is 0 Å². The van der Waals surface area contributed by atoms with Crippen molar-refractivity contribution in [2.75, 3.05) is 25.1 Å². The lowest BCUT2D eigenvalue weighted by molar-refractivity contribution is 0.415. The molecule has 1 fully saturated rings. The molecule has 0 atom stereocenters. The van der Waals surface area contributed by atoms with E-state index in [2.05, 4.69) is 16.0 Å². The fourth-order valence-electron chi connectivity index (χ4n) is 3.53. The first kappa shape index (κ1) is 18.9. The van der Waals surface area contributed by atoms with Gasteiger partial charge in [0.05, 0.1) is 24.4 Å². The number of nitriles is 1. The molecule has 3 aromatic rings. The van der Waals surface area contributed by atoms with Crippen LogP contribution in [0.3, 0.4) is 0 Å². The van der Waals surface area contributed by atoms with Crippen LogP contribution in [0.4, 0.5) is 5.95 Å². The number of piperidine rings is 1. The number of hydrogen-bond donors (Lipinski definition) is 1. The molecule has 2 aromatic carbocycles. The van der Waals surface area contributed by atoms with E-state index in [-0.39, 0.29) is 6.04 Å². The smallest absolute Gasteiger partial charge is 0.225 e. The maximum atomic E-state index is 9.11. The summed E-state index contributed by atoms with van der Waals surface area (Å²) in [5.74, 6) is 1.52. The van der Waals surface area contributed by atoms with Gasteiger partial charge in [0, 0.05) is 36.5 Å². The molecule has 4 rings (SSSR count). The normalized spacial score (nSPS) is 14.4. The molecule has 1 saturated heterocycles. The van der Waals surface area contributed by atoms with Gasteiger partial charge in [-0.1, -0.05) is 24.3 Å². The van der Waals surface area contributed by atoms with E-state index in [9.17, 15) is 0 Å². The summed E-state index contributed by atoms with van der Waals surface area (Å²) in [7, 11) is 1.65. The lowest BCUT2D eigenvalue weighted by atomic mass is 10.00. The molecule has 0 amide bonds. The molecule has 2 heterocycles. The number of methoxy groups -OCH3 is 1. The largest absolute Gasteiger partial charge is 0.497 e. The van der Waals surface area contributed by atoms with Gasteiger partial charge in [0.2, 0.25) is 5.95 Å². The van der Waals surface area contributed by atoms with Crippen LogP contribution in [0.5, 0.6) is 5.75 Å². The summed E-state index contributed by atoms with van der Waals surface area (Å²) >= 11 is 0. The predicted octanol–water partition coefficient (Wildman–Crippen LogP) is 3.62. The summed E-state index contributed by atoms with van der Waals surface area (Å²) in [4.78, 5) is 11.8. The Bertz CT molecular complexity index is 1020. The number of nitrogens with two attached hydrogens (primary N) is 1. The number of nitrogens with zero attached hydrogens (tertiary/aromatic N) is 4. The highest BCUT2D eigenvalue weighted by molar-refractivity contribution is 5.81. The second kappa shape index (κ2) is 8.29. The van der Waals surface area contributed by atoms with Crippen LogP contribution in [0.15, 0.2) is 54.7 Å². The first-order chi connectivity index (χ1) is 14.2. The molecule has 6 nitrogen and oxygen atoms in total. The fraction of sp³-hybridized carbons (Fsp3) is 0.261. The Morgan fingerprint density at radius 1 is 1.03 bits per heavy atom. The molecule has 0 radical (unpaired) electrons. The van der Waals surface area contributed by atoms with E-state index in [0.717, 1.165) is 54.1 Å². The number of benzene rings is 2. The summed E-state index contributed by atoms with van der Waals surface area (Å²) < 4.78 is 5.27. The summed E-state index contributed by atoms with van der Waals surface area (Å²) in [6, 6.07) is 17.8. The van der Waals surface area contributed by atoms with Crippen LogP contribution >= 0.6 is 0 Å². The molecule has 1 aliphatic rings. The molecule has 29 heavy (non-hydrogen) atoms. The summed E-state index contributed by atoms with van der Waals surface area (Å²) in [6.07, 6.45) is 3.76. The first-order valence-corrected chi connectivity index (χ1v) is 9.70. The van der Waals surface area contributed by atoms with Crippen molar-refractivity contribution in [2.45, 2.75) is 18.9 Å². The molecular formula is C23H23N5O. The van der Waals surface area contributed by atoms with Crippen molar-refractivity contribution < 1.29 is 4.74 Å². The number of hydrogen-bond acceptors (Lipinski definition) is 6. The van der Waals surface area contributed by atoms with Gasteiger partial charge in [-0.2, -0.15) is 5.26 Å². The Balaban J connectivity index is 1.77. The van der Waals surface area contributed by atoms with Crippen molar-refractivity contribution in [3.05, 3.63) is 60.3 Å². The average molecular weight is 385 g/mol. The van der Waals surface area contributed by atoms with E-state index in [1.165, 1.54) is 0 Å². The monoisotopic (exact) mass is 385 g/mol. The zero-order valence-electron chi connectivity index (χ0n) is 16.4. The van der Waals surface area contributed by atoms with Crippen molar-refractivity contribution in [3.63, 3.8) is 0 Å². The predicted molar refractivity (Wildman–Crippen MR) is 114 cm³/mol. The zero-order valence-corrected chi connectivity index (χ0v) is 16.4. The standard InChI is InChI=1S/C23H23N5O/c1-29-20-8-6-17(7-9-20)21-15-26-23(28-12-10-19(25)11-13-28)27-22(21)18-4-2-16(14-24)3-5-18/h2-9,15,19H,10-13,25H2,1H3. The topological polar surface area (TPSA) is 88.1 Å². The van der Waals surface area contributed by atoms with Crippen LogP contribution in [-0.2, 0) is 0 Å². The molecule has 1 aliphatic heterocycles. The molecule has 0 bridgehead atoms. The number of rotatable bonds is 4. The Hall–Kier alpha value is -3.43. The molecule has 0 spiro atoms. The fourth-order valence-corrected chi connectivity index (χ4v) is 3.53. The summed E-state index contributed by atoms with van der Waals surface area (Å²) in [6.45, 7) is 1.71. The minimum atomic E-state index is 0.253. The summed E-state index contributed by atoms with van der Waals surface area (Å²) in [5.41, 5.74) is 10.4. The second-order valence-electron chi connectivity index (χ2n) is 7.17. The molecule has 0 saturated carbocycles. The molecule has 0 aliphatic carbocycles. The molecule has 146 valence electrons. The van der Waals surface area contributed by atoms with Crippen LogP contribution in [0, 0.1) is 11.3 Å². The van der Waals surface area contributed by atoms with Crippen LogP contribution in [0.25, 0.3) is 22.4 Å². The molecule has 0 unspecified atom stereocenters. The van der Waals surface area contributed by atoms with Crippen molar-refractivity contribution >= 4 is 5.95 Å². The Kier molecular flexibility index (Phi) is 5.41. The third-order valence-corrected chi connectivity index (χ3v) is 5.29. The van der Waals surface area contributed by atoms with Crippen LogP contribution in [0.1, 0.15) is 18.4 Å². The highest BCUT2D eigenvalue weighted by Gasteiger charge is 2.20.